The summed E-state index contributed by atoms with van der Waals surface area (Å²) in [6.07, 6.45) is 1.24. The molecule has 3 N–H and O–H groups in total. The number of benzene rings is 2. The van der Waals surface area contributed by atoms with Gasteiger partial charge in [0, 0.05) is 11.8 Å². The van der Waals surface area contributed by atoms with Crippen molar-refractivity contribution >= 4 is 21.6 Å². The number of ether oxygens (including phenoxy) is 1. The molecule has 0 saturated carbocycles. The molecule has 0 unspecified atom stereocenters. The van der Waals surface area contributed by atoms with E-state index in [4.69, 9.17) is 9.88 Å². The number of nitrogens with one attached hydrogen (secondary N) is 1. The summed E-state index contributed by atoms with van der Waals surface area (Å²) in [5.74, 6) is -0.214. The van der Waals surface area contributed by atoms with E-state index < -0.39 is 15.9 Å². The first-order chi connectivity index (χ1) is 12.9. The Morgan fingerprint density at radius 3 is 2.41 bits per heavy atom. The van der Waals surface area contributed by atoms with Gasteiger partial charge in [0.1, 0.15) is 18.6 Å². The number of aromatic nitrogens is 2. The van der Waals surface area contributed by atoms with Crippen molar-refractivity contribution in [3.05, 3.63) is 78.2 Å². The van der Waals surface area contributed by atoms with Gasteiger partial charge in [-0.1, -0.05) is 30.3 Å². The molecule has 2 aromatic carbocycles. The Morgan fingerprint density at radius 1 is 1.04 bits per heavy atom. The summed E-state index contributed by atoms with van der Waals surface area (Å²) in [5, 5.41) is 7.66. The zero-order chi connectivity index (χ0) is 19.3. The molecule has 1 amide bonds. The summed E-state index contributed by atoms with van der Waals surface area (Å²) in [6.45, 7) is 0.313. The topological polar surface area (TPSA) is 124 Å². The molecule has 3 rings (SSSR count). The summed E-state index contributed by atoms with van der Waals surface area (Å²) >= 11 is 0. The second-order valence-electron chi connectivity index (χ2n) is 5.54. The lowest BCUT2D eigenvalue weighted by molar-refractivity contribution is 0.102. The van der Waals surface area contributed by atoms with Gasteiger partial charge < -0.3 is 10.1 Å². The van der Waals surface area contributed by atoms with Crippen LogP contribution >= 0.6 is 0 Å². The maximum absolute atomic E-state index is 12.3. The van der Waals surface area contributed by atoms with Crippen molar-refractivity contribution in [2.45, 2.75) is 11.5 Å². The molecular formula is C18H16N4O4S. The number of amides is 1. The van der Waals surface area contributed by atoms with E-state index in [1.807, 2.05) is 30.3 Å². The molecule has 0 saturated heterocycles. The largest absolute Gasteiger partial charge is 0.473 e. The second-order valence-corrected chi connectivity index (χ2v) is 7.10. The molecule has 8 nitrogen and oxygen atoms in total. The molecule has 0 radical (unpaired) electrons. The quantitative estimate of drug-likeness (QED) is 0.669. The first-order valence-electron chi connectivity index (χ1n) is 7.85. The number of hydrogen-bond donors (Lipinski definition) is 2. The monoisotopic (exact) mass is 384 g/mol. The van der Waals surface area contributed by atoms with E-state index in [-0.39, 0.29) is 16.5 Å². The number of anilines is 1. The summed E-state index contributed by atoms with van der Waals surface area (Å²) in [4.78, 5) is 20.2. The molecular weight excluding hydrogens is 368 g/mol. The fraction of sp³-hybridized carbons (Fsp3) is 0.0556. The second kappa shape index (κ2) is 7.94. The summed E-state index contributed by atoms with van der Waals surface area (Å²) in [5.41, 5.74) is 1.48. The molecule has 0 aliphatic heterocycles. The first kappa shape index (κ1) is 18.5. The number of primary sulfonamides is 1. The zero-order valence-corrected chi connectivity index (χ0v) is 14.9. The molecule has 0 aliphatic carbocycles. The average Bonchev–Trinajstić information content (AvgIpc) is 2.67. The maximum Gasteiger partial charge on any atom is 0.274 e. The molecule has 0 aliphatic rings. The summed E-state index contributed by atoms with van der Waals surface area (Å²) < 4.78 is 28.1. The van der Waals surface area contributed by atoms with Crippen molar-refractivity contribution in [1.29, 1.82) is 0 Å². The maximum atomic E-state index is 12.3. The average molecular weight is 384 g/mol. The minimum atomic E-state index is -3.78. The molecule has 0 atom stereocenters. The molecule has 0 spiro atoms. The molecule has 0 bridgehead atoms. The molecule has 138 valence electrons. The van der Waals surface area contributed by atoms with Crippen molar-refractivity contribution in [2.75, 3.05) is 5.32 Å². The molecule has 1 heterocycles. The lowest BCUT2D eigenvalue weighted by Gasteiger charge is -2.08. The predicted molar refractivity (Wildman–Crippen MR) is 98.6 cm³/mol. The van der Waals surface area contributed by atoms with E-state index in [0.29, 0.717) is 12.3 Å². The summed E-state index contributed by atoms with van der Waals surface area (Å²) in [7, 11) is -3.78. The van der Waals surface area contributed by atoms with E-state index in [0.717, 1.165) is 5.56 Å². The summed E-state index contributed by atoms with van der Waals surface area (Å²) in [6, 6.07) is 16.5. The minimum Gasteiger partial charge on any atom is -0.473 e. The van der Waals surface area contributed by atoms with Crippen LogP contribution in [0.4, 0.5) is 5.69 Å². The van der Waals surface area contributed by atoms with Crippen LogP contribution in [0.25, 0.3) is 0 Å². The number of carbonyl (C=O) groups is 1. The van der Waals surface area contributed by atoms with Gasteiger partial charge in [0.2, 0.25) is 15.9 Å². The highest BCUT2D eigenvalue weighted by atomic mass is 32.2. The van der Waals surface area contributed by atoms with Crippen LogP contribution in [0.1, 0.15) is 16.1 Å². The van der Waals surface area contributed by atoms with Gasteiger partial charge in [0.25, 0.3) is 5.91 Å². The SMILES string of the molecule is NS(=O)(=O)c1ccc(NC(=O)c2cc(OCc3ccccc3)ncn2)cc1. The van der Waals surface area contributed by atoms with Gasteiger partial charge in [-0.2, -0.15) is 0 Å². The standard InChI is InChI=1S/C18H16N4O4S/c19-27(24,25)15-8-6-14(7-9-15)22-18(23)16-10-17(21-12-20-16)26-11-13-4-2-1-3-5-13/h1-10,12H,11H2,(H,22,23)(H2,19,24,25). The van der Waals surface area contributed by atoms with Crippen LogP contribution in [0.3, 0.4) is 0 Å². The highest BCUT2D eigenvalue weighted by Crippen LogP contribution is 2.15. The van der Waals surface area contributed by atoms with Crippen molar-refractivity contribution in [3.63, 3.8) is 0 Å². The smallest absolute Gasteiger partial charge is 0.274 e. The molecule has 0 fully saturated rings. The van der Waals surface area contributed by atoms with Gasteiger partial charge in [0.05, 0.1) is 4.90 Å². The first-order valence-corrected chi connectivity index (χ1v) is 9.39. The Hall–Kier alpha value is -3.30. The van der Waals surface area contributed by atoms with E-state index >= 15 is 0 Å². The Labute approximate surface area is 156 Å². The molecule has 9 heteroatoms. The lowest BCUT2D eigenvalue weighted by atomic mass is 10.2. The fourth-order valence-electron chi connectivity index (χ4n) is 2.20. The van der Waals surface area contributed by atoms with Gasteiger partial charge in [-0.05, 0) is 29.8 Å². The number of nitrogens with zero attached hydrogens (tertiary/aromatic N) is 2. The molecule has 27 heavy (non-hydrogen) atoms. The third-order valence-electron chi connectivity index (χ3n) is 3.54. The Balaban J connectivity index is 1.66. The van der Waals surface area contributed by atoms with E-state index in [2.05, 4.69) is 15.3 Å². The van der Waals surface area contributed by atoms with Gasteiger partial charge in [-0.25, -0.2) is 23.5 Å². The molecule has 3 aromatic rings. The molecule has 1 aromatic heterocycles. The van der Waals surface area contributed by atoms with Gasteiger partial charge >= 0.3 is 0 Å². The number of hydrogen-bond acceptors (Lipinski definition) is 6. The minimum absolute atomic E-state index is 0.0425. The highest BCUT2D eigenvalue weighted by molar-refractivity contribution is 7.89. The van der Waals surface area contributed by atoms with Crippen LogP contribution in [-0.4, -0.2) is 24.3 Å². The third kappa shape index (κ3) is 5.09. The number of rotatable bonds is 6. The lowest BCUT2D eigenvalue weighted by Crippen LogP contribution is -2.15. The van der Waals surface area contributed by atoms with Crippen LogP contribution in [0.2, 0.25) is 0 Å². The van der Waals surface area contributed by atoms with Crippen molar-refractivity contribution in [3.8, 4) is 5.88 Å². The van der Waals surface area contributed by atoms with Crippen molar-refractivity contribution in [2.24, 2.45) is 5.14 Å². The van der Waals surface area contributed by atoms with E-state index in [1.165, 1.54) is 36.7 Å². The van der Waals surface area contributed by atoms with Crippen molar-refractivity contribution in [1.82, 2.24) is 9.97 Å². The third-order valence-corrected chi connectivity index (χ3v) is 4.47. The van der Waals surface area contributed by atoms with Gasteiger partial charge in [-0.3, -0.25) is 4.79 Å². The number of sulfonamides is 1. The normalized spacial score (nSPS) is 11.0. The number of nitrogens with two attached hydrogens (primary N) is 1. The Bertz CT molecular complexity index is 1040. The van der Waals surface area contributed by atoms with Gasteiger partial charge in [-0.15, -0.1) is 0 Å². The van der Waals surface area contributed by atoms with Crippen molar-refractivity contribution < 1.29 is 17.9 Å². The fourth-order valence-corrected chi connectivity index (χ4v) is 2.71. The predicted octanol–water partition coefficient (Wildman–Crippen LogP) is 1.96. The van der Waals surface area contributed by atoms with E-state index in [1.54, 1.807) is 0 Å². The zero-order valence-electron chi connectivity index (χ0n) is 14.1. The number of carbonyl (C=O) groups excluding carboxylic acids is 1. The van der Waals surface area contributed by atoms with Crippen LogP contribution in [0.15, 0.2) is 71.9 Å². The van der Waals surface area contributed by atoms with Crippen LogP contribution in [-0.2, 0) is 16.6 Å². The Morgan fingerprint density at radius 2 is 1.74 bits per heavy atom. The van der Waals surface area contributed by atoms with Crippen LogP contribution in [0, 0.1) is 0 Å². The highest BCUT2D eigenvalue weighted by Gasteiger charge is 2.12. The van der Waals surface area contributed by atoms with E-state index in [9.17, 15) is 13.2 Å². The Kier molecular flexibility index (Phi) is 5.43. The van der Waals surface area contributed by atoms with Crippen LogP contribution < -0.4 is 15.2 Å². The van der Waals surface area contributed by atoms with Crippen LogP contribution in [0.5, 0.6) is 5.88 Å². The van der Waals surface area contributed by atoms with Gasteiger partial charge in [0.15, 0.2) is 0 Å².